The number of nitrogens with one attached hydrogen (secondary N) is 1. The lowest BCUT2D eigenvalue weighted by Crippen LogP contribution is -2.46. The van der Waals surface area contributed by atoms with E-state index < -0.39 is 23.8 Å². The Morgan fingerprint density at radius 1 is 1.25 bits per heavy atom. The number of nitrogens with zero attached hydrogens (tertiary/aromatic N) is 1. The summed E-state index contributed by atoms with van der Waals surface area (Å²) >= 11 is 0. The van der Waals surface area contributed by atoms with E-state index in [0.717, 1.165) is 12.0 Å². The van der Waals surface area contributed by atoms with Crippen molar-refractivity contribution in [1.82, 2.24) is 17.6 Å². The van der Waals surface area contributed by atoms with Gasteiger partial charge in [0.2, 0.25) is 5.91 Å². The van der Waals surface area contributed by atoms with Crippen LogP contribution in [-0.4, -0.2) is 41.8 Å². The van der Waals surface area contributed by atoms with Crippen LogP contribution in [0.1, 0.15) is 45.6 Å². The predicted molar refractivity (Wildman–Crippen MR) is 138 cm³/mol. The topological polar surface area (TPSA) is 284 Å². The van der Waals surface area contributed by atoms with Crippen molar-refractivity contribution in [1.29, 1.82) is 0 Å². The zero-order valence-corrected chi connectivity index (χ0v) is 23.4. The van der Waals surface area contributed by atoms with Gasteiger partial charge in [-0.1, -0.05) is 37.6 Å². The number of nitrogens with two attached hydrogens (primary N) is 2. The molecule has 1 aliphatic rings. The summed E-state index contributed by atoms with van der Waals surface area (Å²) in [7, 11) is -8.83. The molecule has 0 saturated carbocycles. The van der Waals surface area contributed by atoms with Crippen LogP contribution >= 0.6 is 7.60 Å². The Balaban J connectivity index is 0. The van der Waals surface area contributed by atoms with Gasteiger partial charge in [0.15, 0.2) is 13.6 Å². The molecule has 14 N–H and O–H groups in total. The third-order valence-corrected chi connectivity index (χ3v) is 7.10. The van der Waals surface area contributed by atoms with Crippen LogP contribution in [0.3, 0.4) is 0 Å². The first-order valence-corrected chi connectivity index (χ1v) is 13.6. The number of carbonyl (C=O) groups excluding carboxylic acids is 1. The van der Waals surface area contributed by atoms with Gasteiger partial charge in [-0.05, 0) is 49.6 Å². The third kappa shape index (κ3) is 12.6. The van der Waals surface area contributed by atoms with Gasteiger partial charge < -0.3 is 48.0 Å². The number of amides is 1. The number of hydrogen-bond acceptors (Lipinski definition) is 7. The normalized spacial score (nSPS) is 19.6. The minimum Gasteiger partial charge on any atom is -0.775 e. The van der Waals surface area contributed by atoms with E-state index in [9.17, 15) is 32.1 Å². The molecule has 1 unspecified atom stereocenters. The van der Waals surface area contributed by atoms with Crippen LogP contribution in [0.2, 0.25) is 0 Å². The number of hydrogen-bond donors (Lipinski definition) is 6. The standard InChI is InChI=1S/C14H27N4O4P.C7H8O3S.2H3N/c1-8(2)6-12(17-9(3)19)11-5-4-10(23(20,21)22)7-13(11)18-14(15)16;1-6-2-4-7(5-3-6)11(8,9)10;;/h4,8,11-13H,5-7H2,1-3H3,(H,17,19)(H4,15,16,18)(H2,20,21,22);2-5H,1H3,(H,8,9,10);2*1H3/t11-,12-,13+;;;/m0.../s1. The van der Waals surface area contributed by atoms with E-state index >= 15 is 0 Å². The predicted octanol–water partition coefficient (Wildman–Crippen LogP) is 1.67. The van der Waals surface area contributed by atoms with E-state index in [0.29, 0.717) is 12.3 Å². The largest absolute Gasteiger partial charge is 0.775 e. The Bertz CT molecular complexity index is 1050. The number of aliphatic imine (C=N–C) groups is 1. The molecular weight excluding hydrogens is 511 g/mol. The van der Waals surface area contributed by atoms with Gasteiger partial charge in [0.1, 0.15) is 10.1 Å². The van der Waals surface area contributed by atoms with E-state index in [1.807, 2.05) is 20.8 Å². The Hall–Kier alpha value is -2.32. The fourth-order valence-electron chi connectivity index (χ4n) is 3.69. The maximum absolute atomic E-state index is 11.5. The van der Waals surface area contributed by atoms with Crippen molar-refractivity contribution < 1.29 is 32.1 Å². The van der Waals surface area contributed by atoms with Gasteiger partial charge >= 0.3 is 0 Å². The molecule has 1 aromatic carbocycles. The maximum Gasteiger partial charge on any atom is 0.217 e. The second kappa shape index (κ2) is 15.1. The van der Waals surface area contributed by atoms with Crippen LogP contribution < -0.4 is 34.0 Å². The SMILES string of the molecule is CC(=O)N[C@@H](CC(C)C)[C@@H]1CC=C(P(=O)([O-])O)C[C@H]1N=C(N)N.Cc1ccc(S(=O)(=O)[O-])cc1.[NH4+].[NH4+]. The number of aryl methyl sites for hydroxylation is 1. The lowest BCUT2D eigenvalue weighted by molar-refractivity contribution is -0.190. The van der Waals surface area contributed by atoms with Gasteiger partial charge in [-0.25, -0.2) is 13.4 Å². The van der Waals surface area contributed by atoms with Gasteiger partial charge in [-0.15, -0.1) is 0 Å². The number of quaternary nitrogens is 2. The summed E-state index contributed by atoms with van der Waals surface area (Å²) in [6.07, 6.45) is 2.60. The van der Waals surface area contributed by atoms with E-state index in [1.54, 1.807) is 12.1 Å². The molecule has 0 heterocycles. The Morgan fingerprint density at radius 2 is 1.78 bits per heavy atom. The van der Waals surface area contributed by atoms with E-state index in [4.69, 9.17) is 11.5 Å². The first-order valence-electron chi connectivity index (χ1n) is 10.6. The summed E-state index contributed by atoms with van der Waals surface area (Å²) in [5.74, 6) is -0.115. The molecular formula is C21H41N6O7PS. The molecule has 0 radical (unpaired) electrons. The van der Waals surface area contributed by atoms with Gasteiger partial charge in [-0.3, -0.25) is 4.79 Å². The minimum atomic E-state index is -4.56. The van der Waals surface area contributed by atoms with Gasteiger partial charge in [0.25, 0.3) is 0 Å². The highest BCUT2D eigenvalue weighted by molar-refractivity contribution is 7.85. The van der Waals surface area contributed by atoms with Crippen molar-refractivity contribution >= 4 is 29.6 Å². The average molecular weight is 553 g/mol. The van der Waals surface area contributed by atoms with Gasteiger partial charge in [0, 0.05) is 18.9 Å². The molecule has 0 bridgehead atoms. The average Bonchev–Trinajstić information content (AvgIpc) is 2.65. The first-order chi connectivity index (χ1) is 15.5. The molecule has 1 aromatic rings. The molecule has 13 nitrogen and oxygen atoms in total. The summed E-state index contributed by atoms with van der Waals surface area (Å²) < 4.78 is 42.5. The Morgan fingerprint density at radius 3 is 2.17 bits per heavy atom. The van der Waals surface area contributed by atoms with Crippen LogP contribution in [-0.2, 0) is 19.5 Å². The first kappa shape index (κ1) is 35.8. The Kier molecular flexibility index (Phi) is 15.0. The molecule has 1 aliphatic carbocycles. The molecule has 0 aromatic heterocycles. The zero-order valence-electron chi connectivity index (χ0n) is 21.7. The lowest BCUT2D eigenvalue weighted by Gasteiger charge is -2.37. The van der Waals surface area contributed by atoms with E-state index in [1.165, 1.54) is 25.1 Å². The molecule has 2 rings (SSSR count). The highest BCUT2D eigenvalue weighted by atomic mass is 32.2. The maximum atomic E-state index is 11.5. The van der Waals surface area contributed by atoms with Crippen LogP contribution in [0.5, 0.6) is 0 Å². The fourth-order valence-corrected chi connectivity index (χ4v) is 4.91. The smallest absolute Gasteiger partial charge is 0.217 e. The summed E-state index contributed by atoms with van der Waals surface area (Å²) in [6, 6.07) is 5.10. The molecule has 36 heavy (non-hydrogen) atoms. The second-order valence-corrected chi connectivity index (χ2v) is 11.6. The van der Waals surface area contributed by atoms with Crippen molar-refractivity contribution in [3.63, 3.8) is 0 Å². The molecule has 1 amide bonds. The molecule has 0 fully saturated rings. The van der Waals surface area contributed by atoms with Gasteiger partial charge in [0.05, 0.1) is 10.9 Å². The second-order valence-electron chi connectivity index (χ2n) is 8.64. The Labute approximate surface area is 212 Å². The summed E-state index contributed by atoms with van der Waals surface area (Å²) in [6.45, 7) is 7.33. The van der Waals surface area contributed by atoms with Crippen molar-refractivity contribution in [2.45, 2.75) is 63.9 Å². The highest BCUT2D eigenvalue weighted by Gasteiger charge is 2.35. The zero-order chi connectivity index (χ0) is 26.3. The van der Waals surface area contributed by atoms with Crippen molar-refractivity contribution in [3.05, 3.63) is 41.2 Å². The molecule has 0 spiro atoms. The minimum absolute atomic E-state index is 0. The number of allylic oxidation sites excluding steroid dienone is 1. The lowest BCUT2D eigenvalue weighted by atomic mass is 9.80. The van der Waals surface area contributed by atoms with E-state index in [-0.39, 0.29) is 52.8 Å². The highest BCUT2D eigenvalue weighted by Crippen LogP contribution is 2.47. The molecule has 4 atom stereocenters. The molecule has 15 heteroatoms. The molecule has 0 aliphatic heterocycles. The number of carbonyl (C=O) groups is 1. The molecule has 208 valence electrons. The summed E-state index contributed by atoms with van der Waals surface area (Å²) in [5, 5.41) is 2.85. The number of rotatable bonds is 7. The van der Waals surface area contributed by atoms with Crippen LogP contribution in [0, 0.1) is 18.8 Å². The van der Waals surface area contributed by atoms with Crippen LogP contribution in [0.4, 0.5) is 0 Å². The number of benzene rings is 1. The van der Waals surface area contributed by atoms with Crippen molar-refractivity contribution in [3.8, 4) is 0 Å². The van der Waals surface area contributed by atoms with Crippen molar-refractivity contribution in [2.75, 3.05) is 0 Å². The van der Waals surface area contributed by atoms with Gasteiger partial charge in [-0.2, -0.15) is 0 Å². The summed E-state index contributed by atoms with van der Waals surface area (Å²) in [5.41, 5.74) is 11.8. The van der Waals surface area contributed by atoms with Crippen LogP contribution in [0.15, 0.2) is 45.5 Å². The third-order valence-electron chi connectivity index (χ3n) is 5.16. The van der Waals surface area contributed by atoms with Crippen LogP contribution in [0.25, 0.3) is 0 Å². The number of guanidine groups is 1. The summed E-state index contributed by atoms with van der Waals surface area (Å²) in [4.78, 5) is 36.1. The molecule has 0 saturated heterocycles. The monoisotopic (exact) mass is 552 g/mol. The van der Waals surface area contributed by atoms with Crippen molar-refractivity contribution in [2.24, 2.45) is 28.3 Å². The van der Waals surface area contributed by atoms with E-state index in [2.05, 4.69) is 10.3 Å². The fraction of sp³-hybridized carbons (Fsp3) is 0.524. The quantitative estimate of drug-likeness (QED) is 0.124.